The molecule has 6 heteroatoms. The molecule has 0 aromatic heterocycles. The minimum absolute atomic E-state index is 0. The Bertz CT molecular complexity index is 771. The summed E-state index contributed by atoms with van der Waals surface area (Å²) in [5, 5.41) is 16.3. The summed E-state index contributed by atoms with van der Waals surface area (Å²) in [5.41, 5.74) is 3.89. The quantitative estimate of drug-likeness (QED) is 0.313. The molecule has 1 fully saturated rings. The molecule has 0 aliphatic carbocycles. The molecule has 0 bridgehead atoms. The van der Waals surface area contributed by atoms with Crippen LogP contribution in [0.25, 0.3) is 0 Å². The summed E-state index contributed by atoms with van der Waals surface area (Å²) < 4.78 is 0. The molecule has 0 radical (unpaired) electrons. The molecule has 5 nitrogen and oxygen atoms in total. The standard InChI is InChI=1S/C23H32N4O.HI/c1-3-24-23(25-16-19-8-10-22(28)11-9-19)26-21-12-14-27(15-13-21)17-20-7-5-4-6-18(20)2;/h4-11,21,28H,3,12-17H2,1-2H3,(H2,24,25,26);1H. The van der Waals surface area contributed by atoms with E-state index in [0.717, 1.165) is 50.5 Å². The third-order valence-corrected chi connectivity index (χ3v) is 5.28. The molecule has 2 aromatic carbocycles. The van der Waals surface area contributed by atoms with Crippen LogP contribution in [0.1, 0.15) is 36.5 Å². The molecular weight excluding hydrogens is 475 g/mol. The SMILES string of the molecule is CCNC(=NCc1ccc(O)cc1)NC1CCN(Cc2ccccc2C)CC1.I. The molecule has 3 rings (SSSR count). The van der Waals surface area contributed by atoms with Crippen molar-refractivity contribution in [2.75, 3.05) is 19.6 Å². The fraction of sp³-hybridized carbons (Fsp3) is 0.435. The zero-order chi connectivity index (χ0) is 19.8. The van der Waals surface area contributed by atoms with Gasteiger partial charge in [-0.3, -0.25) is 4.90 Å². The van der Waals surface area contributed by atoms with Crippen LogP contribution in [0.3, 0.4) is 0 Å². The smallest absolute Gasteiger partial charge is 0.191 e. The second kappa shape index (κ2) is 12.0. The molecule has 29 heavy (non-hydrogen) atoms. The molecule has 1 saturated heterocycles. The maximum Gasteiger partial charge on any atom is 0.191 e. The molecule has 0 saturated carbocycles. The first-order valence-corrected chi connectivity index (χ1v) is 10.2. The third kappa shape index (κ3) is 7.51. The Morgan fingerprint density at radius 3 is 2.45 bits per heavy atom. The number of phenols is 1. The molecule has 0 unspecified atom stereocenters. The van der Waals surface area contributed by atoms with Gasteiger partial charge in [0.25, 0.3) is 0 Å². The molecule has 0 amide bonds. The van der Waals surface area contributed by atoms with E-state index >= 15 is 0 Å². The number of aryl methyl sites for hydroxylation is 1. The highest BCUT2D eigenvalue weighted by Gasteiger charge is 2.20. The van der Waals surface area contributed by atoms with Gasteiger partial charge in [-0.15, -0.1) is 24.0 Å². The van der Waals surface area contributed by atoms with Gasteiger partial charge in [0.05, 0.1) is 6.54 Å². The van der Waals surface area contributed by atoms with Crippen molar-refractivity contribution >= 4 is 29.9 Å². The number of guanidine groups is 1. The minimum Gasteiger partial charge on any atom is -0.508 e. The van der Waals surface area contributed by atoms with Crippen LogP contribution in [-0.2, 0) is 13.1 Å². The average Bonchev–Trinajstić information content (AvgIpc) is 2.71. The summed E-state index contributed by atoms with van der Waals surface area (Å²) in [6.45, 7) is 8.95. The number of phenolic OH excluding ortho intramolecular Hbond substituents is 1. The predicted molar refractivity (Wildman–Crippen MR) is 131 cm³/mol. The molecule has 3 N–H and O–H groups in total. The normalized spacial score (nSPS) is 15.6. The van der Waals surface area contributed by atoms with Crippen molar-refractivity contribution in [1.29, 1.82) is 0 Å². The molecular formula is C23H33IN4O. The fourth-order valence-electron chi connectivity index (χ4n) is 3.55. The maximum absolute atomic E-state index is 9.40. The van der Waals surface area contributed by atoms with E-state index < -0.39 is 0 Å². The van der Waals surface area contributed by atoms with E-state index in [4.69, 9.17) is 4.99 Å². The van der Waals surface area contributed by atoms with Gasteiger partial charge in [-0.25, -0.2) is 4.99 Å². The lowest BCUT2D eigenvalue weighted by Gasteiger charge is -2.33. The van der Waals surface area contributed by atoms with Crippen LogP contribution >= 0.6 is 24.0 Å². The Labute approximate surface area is 191 Å². The van der Waals surface area contributed by atoms with Crippen LogP contribution in [0.4, 0.5) is 0 Å². The van der Waals surface area contributed by atoms with Gasteiger partial charge in [-0.1, -0.05) is 36.4 Å². The number of hydrogen-bond acceptors (Lipinski definition) is 3. The molecule has 1 aliphatic heterocycles. The van der Waals surface area contributed by atoms with Crippen molar-refractivity contribution in [3.05, 3.63) is 65.2 Å². The lowest BCUT2D eigenvalue weighted by atomic mass is 10.0. The molecule has 0 atom stereocenters. The Balaban J connectivity index is 0.00000300. The van der Waals surface area contributed by atoms with Crippen molar-refractivity contribution in [3.63, 3.8) is 0 Å². The van der Waals surface area contributed by atoms with Gasteiger partial charge in [0.1, 0.15) is 5.75 Å². The number of aromatic hydroxyl groups is 1. The van der Waals surface area contributed by atoms with E-state index in [1.807, 2.05) is 12.1 Å². The van der Waals surface area contributed by atoms with E-state index in [-0.39, 0.29) is 29.7 Å². The van der Waals surface area contributed by atoms with Gasteiger partial charge < -0.3 is 15.7 Å². The fourth-order valence-corrected chi connectivity index (χ4v) is 3.55. The largest absolute Gasteiger partial charge is 0.508 e. The summed E-state index contributed by atoms with van der Waals surface area (Å²) in [6, 6.07) is 16.3. The van der Waals surface area contributed by atoms with Crippen LogP contribution in [0.15, 0.2) is 53.5 Å². The summed E-state index contributed by atoms with van der Waals surface area (Å²) in [6.07, 6.45) is 2.24. The number of nitrogens with one attached hydrogen (secondary N) is 2. The van der Waals surface area contributed by atoms with Crippen molar-refractivity contribution in [1.82, 2.24) is 15.5 Å². The maximum atomic E-state index is 9.40. The highest BCUT2D eigenvalue weighted by Crippen LogP contribution is 2.16. The van der Waals surface area contributed by atoms with E-state index in [2.05, 4.69) is 53.6 Å². The van der Waals surface area contributed by atoms with Gasteiger partial charge in [-0.05, 0) is 55.5 Å². The zero-order valence-electron chi connectivity index (χ0n) is 17.4. The van der Waals surface area contributed by atoms with Crippen molar-refractivity contribution in [2.24, 2.45) is 4.99 Å². The summed E-state index contributed by atoms with van der Waals surface area (Å²) in [5.74, 6) is 1.16. The lowest BCUT2D eigenvalue weighted by molar-refractivity contribution is 0.198. The predicted octanol–water partition coefficient (Wildman–Crippen LogP) is 4.04. The second-order valence-electron chi connectivity index (χ2n) is 7.48. The lowest BCUT2D eigenvalue weighted by Crippen LogP contribution is -2.48. The van der Waals surface area contributed by atoms with E-state index in [0.29, 0.717) is 12.6 Å². The van der Waals surface area contributed by atoms with Gasteiger partial charge in [0.2, 0.25) is 0 Å². The van der Waals surface area contributed by atoms with Gasteiger partial charge in [0, 0.05) is 32.2 Å². The van der Waals surface area contributed by atoms with E-state index in [9.17, 15) is 5.11 Å². The number of halogens is 1. The van der Waals surface area contributed by atoms with Crippen LogP contribution < -0.4 is 10.6 Å². The number of nitrogens with zero attached hydrogens (tertiary/aromatic N) is 2. The molecule has 158 valence electrons. The minimum atomic E-state index is 0. The van der Waals surface area contributed by atoms with Crippen LogP contribution in [0.2, 0.25) is 0 Å². The number of benzene rings is 2. The third-order valence-electron chi connectivity index (χ3n) is 5.28. The number of aliphatic imine (C=N–C) groups is 1. The van der Waals surface area contributed by atoms with Gasteiger partial charge in [0.15, 0.2) is 5.96 Å². The number of piperidine rings is 1. The van der Waals surface area contributed by atoms with E-state index in [1.54, 1.807) is 12.1 Å². The van der Waals surface area contributed by atoms with Crippen molar-refractivity contribution in [3.8, 4) is 5.75 Å². The molecule has 0 spiro atoms. The highest BCUT2D eigenvalue weighted by molar-refractivity contribution is 14.0. The Morgan fingerprint density at radius 2 is 1.79 bits per heavy atom. The molecule has 1 aliphatic rings. The first-order chi connectivity index (χ1) is 13.6. The number of hydrogen-bond donors (Lipinski definition) is 3. The van der Waals surface area contributed by atoms with E-state index in [1.165, 1.54) is 11.1 Å². The topological polar surface area (TPSA) is 59.9 Å². The van der Waals surface area contributed by atoms with Gasteiger partial charge in [-0.2, -0.15) is 0 Å². The van der Waals surface area contributed by atoms with Crippen molar-refractivity contribution in [2.45, 2.75) is 45.8 Å². The zero-order valence-corrected chi connectivity index (χ0v) is 19.7. The molecule has 2 aromatic rings. The highest BCUT2D eigenvalue weighted by atomic mass is 127. The van der Waals surface area contributed by atoms with Crippen molar-refractivity contribution < 1.29 is 5.11 Å². The van der Waals surface area contributed by atoms with Crippen LogP contribution in [0, 0.1) is 6.92 Å². The number of rotatable bonds is 6. The number of likely N-dealkylation sites (tertiary alicyclic amines) is 1. The van der Waals surface area contributed by atoms with Crippen LogP contribution in [-0.4, -0.2) is 41.6 Å². The second-order valence-corrected chi connectivity index (χ2v) is 7.48. The monoisotopic (exact) mass is 508 g/mol. The van der Waals surface area contributed by atoms with Crippen LogP contribution in [0.5, 0.6) is 5.75 Å². The first kappa shape index (κ1) is 23.5. The Morgan fingerprint density at radius 1 is 1.10 bits per heavy atom. The Kier molecular flexibility index (Phi) is 9.73. The average molecular weight is 508 g/mol. The summed E-state index contributed by atoms with van der Waals surface area (Å²) in [4.78, 5) is 7.25. The summed E-state index contributed by atoms with van der Waals surface area (Å²) in [7, 11) is 0. The summed E-state index contributed by atoms with van der Waals surface area (Å²) >= 11 is 0. The first-order valence-electron chi connectivity index (χ1n) is 10.2. The van der Waals surface area contributed by atoms with Gasteiger partial charge >= 0.3 is 0 Å². The molecule has 1 heterocycles. The Hall–Kier alpha value is -1.80.